The zero-order valence-electron chi connectivity index (χ0n) is 15.7. The second-order valence-corrected chi connectivity index (χ2v) is 7.66. The molecule has 3 rings (SSSR count). The molecule has 1 aromatic heterocycles. The third-order valence-corrected chi connectivity index (χ3v) is 5.03. The van der Waals surface area contributed by atoms with E-state index in [1.54, 1.807) is 6.20 Å². The van der Waals surface area contributed by atoms with Crippen LogP contribution in [-0.4, -0.2) is 54.0 Å². The van der Waals surface area contributed by atoms with Gasteiger partial charge in [-0.1, -0.05) is 0 Å². The summed E-state index contributed by atoms with van der Waals surface area (Å²) >= 11 is 0. The van der Waals surface area contributed by atoms with Crippen LogP contribution in [0.3, 0.4) is 0 Å². The summed E-state index contributed by atoms with van der Waals surface area (Å²) in [6.07, 6.45) is 6.12. The first-order chi connectivity index (χ1) is 12.5. The van der Waals surface area contributed by atoms with Crippen molar-refractivity contribution in [1.29, 1.82) is 0 Å². The molecule has 0 radical (unpaired) electrons. The number of nitrogens with one attached hydrogen (secondary N) is 1. The normalized spacial score (nSPS) is 20.3. The van der Waals surface area contributed by atoms with E-state index in [2.05, 4.69) is 10.3 Å². The standard InChI is InChI=1S/C20H29N3O3/c1-14(2)26-13-19(24)23-9-3-4-17(12-23)18-8-7-16(11-21-18)20(25)22-10-15-5-6-15/h7-8,11,14-15,17H,3-6,9-10,12-13H2,1-2H3,(H,22,25). The van der Waals surface area contributed by atoms with Crippen LogP contribution in [0.4, 0.5) is 0 Å². The van der Waals surface area contributed by atoms with Gasteiger partial charge in [-0.2, -0.15) is 0 Å². The molecular weight excluding hydrogens is 330 g/mol. The van der Waals surface area contributed by atoms with E-state index >= 15 is 0 Å². The lowest BCUT2D eigenvalue weighted by Gasteiger charge is -2.32. The van der Waals surface area contributed by atoms with Crippen LogP contribution in [0.25, 0.3) is 0 Å². The molecule has 1 saturated carbocycles. The Hall–Kier alpha value is -1.95. The van der Waals surface area contributed by atoms with E-state index in [4.69, 9.17) is 4.74 Å². The molecule has 1 N–H and O–H groups in total. The first-order valence-corrected chi connectivity index (χ1v) is 9.66. The maximum absolute atomic E-state index is 12.3. The smallest absolute Gasteiger partial charge is 0.252 e. The predicted molar refractivity (Wildman–Crippen MR) is 98.9 cm³/mol. The molecule has 2 heterocycles. The molecule has 1 aromatic rings. The number of ether oxygens (including phenoxy) is 1. The molecule has 2 amide bonds. The van der Waals surface area contributed by atoms with Crippen molar-refractivity contribution in [3.8, 4) is 0 Å². The Morgan fingerprint density at radius 2 is 2.12 bits per heavy atom. The van der Waals surface area contributed by atoms with E-state index in [0.29, 0.717) is 18.0 Å². The average molecular weight is 359 g/mol. The number of likely N-dealkylation sites (tertiary alicyclic amines) is 1. The van der Waals surface area contributed by atoms with Gasteiger partial charge < -0.3 is 15.0 Å². The number of pyridine rings is 1. The summed E-state index contributed by atoms with van der Waals surface area (Å²) in [7, 11) is 0. The summed E-state index contributed by atoms with van der Waals surface area (Å²) in [5, 5.41) is 2.96. The molecule has 6 heteroatoms. The van der Waals surface area contributed by atoms with Gasteiger partial charge in [-0.3, -0.25) is 14.6 Å². The minimum absolute atomic E-state index is 0.0412. The van der Waals surface area contributed by atoms with E-state index in [9.17, 15) is 9.59 Å². The van der Waals surface area contributed by atoms with E-state index in [1.807, 2.05) is 30.9 Å². The Morgan fingerprint density at radius 1 is 1.31 bits per heavy atom. The molecular formula is C20H29N3O3. The lowest BCUT2D eigenvalue weighted by atomic mass is 9.94. The Balaban J connectivity index is 1.54. The minimum Gasteiger partial charge on any atom is -0.369 e. The number of rotatable bonds is 7. The first-order valence-electron chi connectivity index (χ1n) is 9.66. The molecule has 1 aliphatic heterocycles. The maximum Gasteiger partial charge on any atom is 0.252 e. The molecule has 1 aliphatic carbocycles. The number of nitrogens with zero attached hydrogens (tertiary/aromatic N) is 2. The van der Waals surface area contributed by atoms with E-state index in [0.717, 1.165) is 31.6 Å². The van der Waals surface area contributed by atoms with Gasteiger partial charge in [-0.25, -0.2) is 0 Å². The van der Waals surface area contributed by atoms with Gasteiger partial charge in [0.25, 0.3) is 5.91 Å². The summed E-state index contributed by atoms with van der Waals surface area (Å²) in [5.41, 5.74) is 1.55. The van der Waals surface area contributed by atoms with Gasteiger partial charge in [0.15, 0.2) is 0 Å². The van der Waals surface area contributed by atoms with Crippen LogP contribution >= 0.6 is 0 Å². The Labute approximate surface area is 155 Å². The third-order valence-electron chi connectivity index (χ3n) is 5.03. The lowest BCUT2D eigenvalue weighted by Crippen LogP contribution is -2.41. The highest BCUT2D eigenvalue weighted by atomic mass is 16.5. The van der Waals surface area contributed by atoms with Crippen molar-refractivity contribution in [3.05, 3.63) is 29.6 Å². The van der Waals surface area contributed by atoms with Crippen LogP contribution in [-0.2, 0) is 9.53 Å². The topological polar surface area (TPSA) is 71.5 Å². The predicted octanol–water partition coefficient (Wildman–Crippen LogP) is 2.35. The number of amides is 2. The van der Waals surface area contributed by atoms with Gasteiger partial charge >= 0.3 is 0 Å². The molecule has 26 heavy (non-hydrogen) atoms. The highest BCUT2D eigenvalue weighted by Gasteiger charge is 2.26. The molecule has 0 bridgehead atoms. The van der Waals surface area contributed by atoms with Gasteiger partial charge in [0.05, 0.1) is 11.7 Å². The Morgan fingerprint density at radius 3 is 2.77 bits per heavy atom. The zero-order chi connectivity index (χ0) is 18.5. The van der Waals surface area contributed by atoms with Gasteiger partial charge in [0.1, 0.15) is 6.61 Å². The molecule has 1 unspecified atom stereocenters. The molecule has 142 valence electrons. The van der Waals surface area contributed by atoms with Crippen LogP contribution in [0, 0.1) is 5.92 Å². The van der Waals surface area contributed by atoms with Crippen molar-refractivity contribution in [3.63, 3.8) is 0 Å². The van der Waals surface area contributed by atoms with Crippen molar-refractivity contribution >= 4 is 11.8 Å². The SMILES string of the molecule is CC(C)OCC(=O)N1CCCC(c2ccc(C(=O)NCC3CC3)cn2)C1. The summed E-state index contributed by atoms with van der Waals surface area (Å²) in [6, 6.07) is 3.77. The van der Waals surface area contributed by atoms with E-state index in [1.165, 1.54) is 12.8 Å². The number of carbonyl (C=O) groups is 2. The van der Waals surface area contributed by atoms with Crippen LogP contribution in [0.15, 0.2) is 18.3 Å². The second kappa shape index (κ2) is 8.62. The number of aromatic nitrogens is 1. The largest absolute Gasteiger partial charge is 0.369 e. The second-order valence-electron chi connectivity index (χ2n) is 7.66. The monoisotopic (exact) mass is 359 g/mol. The molecule has 2 aliphatic rings. The summed E-state index contributed by atoms with van der Waals surface area (Å²) < 4.78 is 5.43. The summed E-state index contributed by atoms with van der Waals surface area (Å²) in [6.45, 7) is 6.20. The highest BCUT2D eigenvalue weighted by molar-refractivity contribution is 5.93. The van der Waals surface area contributed by atoms with Gasteiger partial charge in [0, 0.05) is 37.4 Å². The number of hydrogen-bond acceptors (Lipinski definition) is 4. The van der Waals surface area contributed by atoms with Crippen LogP contribution in [0.5, 0.6) is 0 Å². The molecule has 0 aromatic carbocycles. The quantitative estimate of drug-likeness (QED) is 0.811. The first kappa shape index (κ1) is 18.8. The average Bonchev–Trinajstić information content (AvgIpc) is 3.49. The minimum atomic E-state index is -0.0535. The fourth-order valence-corrected chi connectivity index (χ4v) is 3.22. The number of carbonyl (C=O) groups excluding carboxylic acids is 2. The van der Waals surface area contributed by atoms with Crippen molar-refractivity contribution in [1.82, 2.24) is 15.2 Å². The Kier molecular flexibility index (Phi) is 6.25. The van der Waals surface area contributed by atoms with Crippen LogP contribution < -0.4 is 5.32 Å². The van der Waals surface area contributed by atoms with Gasteiger partial charge in [0.2, 0.25) is 5.91 Å². The molecule has 2 fully saturated rings. The molecule has 0 spiro atoms. The van der Waals surface area contributed by atoms with Crippen molar-refractivity contribution in [2.45, 2.75) is 51.6 Å². The van der Waals surface area contributed by atoms with Crippen LogP contribution in [0.1, 0.15) is 61.5 Å². The molecule has 6 nitrogen and oxygen atoms in total. The lowest BCUT2D eigenvalue weighted by molar-refractivity contribution is -0.138. The van der Waals surface area contributed by atoms with Crippen LogP contribution in [0.2, 0.25) is 0 Å². The van der Waals surface area contributed by atoms with E-state index in [-0.39, 0.29) is 30.4 Å². The fourth-order valence-electron chi connectivity index (χ4n) is 3.22. The van der Waals surface area contributed by atoms with E-state index < -0.39 is 0 Å². The maximum atomic E-state index is 12.3. The Bertz CT molecular complexity index is 626. The number of hydrogen-bond donors (Lipinski definition) is 1. The van der Waals surface area contributed by atoms with Gasteiger partial charge in [-0.05, 0) is 57.6 Å². The van der Waals surface area contributed by atoms with Crippen molar-refractivity contribution < 1.29 is 14.3 Å². The van der Waals surface area contributed by atoms with Crippen molar-refractivity contribution in [2.24, 2.45) is 5.92 Å². The fraction of sp³-hybridized carbons (Fsp3) is 0.650. The van der Waals surface area contributed by atoms with Crippen molar-refractivity contribution in [2.75, 3.05) is 26.2 Å². The summed E-state index contributed by atoms with van der Waals surface area (Å²) in [4.78, 5) is 30.8. The molecule has 1 atom stereocenters. The highest BCUT2D eigenvalue weighted by Crippen LogP contribution is 2.28. The third kappa shape index (κ3) is 5.27. The zero-order valence-corrected chi connectivity index (χ0v) is 15.7. The summed E-state index contributed by atoms with van der Waals surface area (Å²) in [5.74, 6) is 0.869. The number of piperidine rings is 1. The molecule has 1 saturated heterocycles. The van der Waals surface area contributed by atoms with Gasteiger partial charge in [-0.15, -0.1) is 0 Å².